The summed E-state index contributed by atoms with van der Waals surface area (Å²) < 4.78 is 6.78. The predicted octanol–water partition coefficient (Wildman–Crippen LogP) is 3.64. The van der Waals surface area contributed by atoms with Crippen molar-refractivity contribution in [2.45, 2.75) is 40.2 Å². The Morgan fingerprint density at radius 3 is 2.67 bits per heavy atom. The molecule has 0 spiro atoms. The Bertz CT molecular complexity index is 371. The van der Waals surface area contributed by atoms with Crippen LogP contribution in [0.4, 0.5) is 5.82 Å². The largest absolute Gasteiger partial charge is 0.370 e. The second-order valence-electron chi connectivity index (χ2n) is 4.47. The van der Waals surface area contributed by atoms with Crippen molar-refractivity contribution in [1.82, 2.24) is 9.97 Å². The molecule has 0 amide bonds. The Hall–Kier alpha value is -0.430. The molecule has 5 heteroatoms. The molecule has 1 aromatic heterocycles. The van der Waals surface area contributed by atoms with Crippen LogP contribution in [0.3, 0.4) is 0 Å². The fourth-order valence-corrected chi connectivity index (χ4v) is 2.08. The van der Waals surface area contributed by atoms with Gasteiger partial charge in [-0.25, -0.2) is 9.97 Å². The molecular formula is C13H22IN3O. The van der Waals surface area contributed by atoms with E-state index in [9.17, 15) is 0 Å². The van der Waals surface area contributed by atoms with Gasteiger partial charge in [-0.2, -0.15) is 0 Å². The van der Waals surface area contributed by atoms with Gasteiger partial charge in [-0.1, -0.05) is 20.8 Å². The van der Waals surface area contributed by atoms with Gasteiger partial charge in [0, 0.05) is 19.3 Å². The highest BCUT2D eigenvalue weighted by atomic mass is 127. The second kappa shape index (κ2) is 7.89. The van der Waals surface area contributed by atoms with Crippen LogP contribution in [-0.4, -0.2) is 23.1 Å². The minimum absolute atomic E-state index is 0.0332. The quantitative estimate of drug-likeness (QED) is 0.752. The number of nitrogens with zero attached hydrogens (tertiary/aromatic N) is 2. The molecule has 102 valence electrons. The van der Waals surface area contributed by atoms with Gasteiger partial charge in [0.05, 0.1) is 3.57 Å². The van der Waals surface area contributed by atoms with Crippen molar-refractivity contribution in [2.75, 3.05) is 18.5 Å². The summed E-state index contributed by atoms with van der Waals surface area (Å²) in [4.78, 5) is 9.00. The number of aromatic nitrogens is 2. The summed E-state index contributed by atoms with van der Waals surface area (Å²) >= 11 is 2.25. The van der Waals surface area contributed by atoms with Crippen LogP contribution in [0.2, 0.25) is 0 Å². The number of anilines is 1. The van der Waals surface area contributed by atoms with Gasteiger partial charge in [-0.15, -0.1) is 0 Å². The molecule has 0 fully saturated rings. The maximum atomic E-state index is 5.73. The molecule has 4 nitrogen and oxygen atoms in total. The van der Waals surface area contributed by atoms with Crippen LogP contribution < -0.4 is 5.32 Å². The fraction of sp³-hybridized carbons (Fsp3) is 0.692. The van der Waals surface area contributed by atoms with Crippen LogP contribution in [0, 0.1) is 9.49 Å². The number of hydrogen-bond acceptors (Lipinski definition) is 4. The summed E-state index contributed by atoms with van der Waals surface area (Å²) in [5.74, 6) is 2.04. The molecule has 1 atom stereocenters. The third-order valence-electron chi connectivity index (χ3n) is 2.51. The highest BCUT2D eigenvalue weighted by molar-refractivity contribution is 14.1. The summed E-state index contributed by atoms with van der Waals surface area (Å²) in [5.41, 5.74) is 0. The normalized spacial score (nSPS) is 12.8. The predicted molar refractivity (Wildman–Crippen MR) is 82.7 cm³/mol. The molecule has 1 aromatic rings. The van der Waals surface area contributed by atoms with Gasteiger partial charge in [-0.05, 0) is 41.9 Å². The van der Waals surface area contributed by atoms with Gasteiger partial charge >= 0.3 is 0 Å². The molecule has 0 saturated carbocycles. The molecule has 0 saturated heterocycles. The maximum Gasteiger partial charge on any atom is 0.159 e. The topological polar surface area (TPSA) is 47.0 Å². The van der Waals surface area contributed by atoms with Crippen molar-refractivity contribution < 1.29 is 4.74 Å². The van der Waals surface area contributed by atoms with E-state index in [1.165, 1.54) is 0 Å². The lowest BCUT2D eigenvalue weighted by Gasteiger charge is -2.20. The molecule has 0 radical (unpaired) electrons. The Labute approximate surface area is 123 Å². The lowest BCUT2D eigenvalue weighted by Crippen LogP contribution is -2.16. The Kier molecular flexibility index (Phi) is 6.85. The smallest absolute Gasteiger partial charge is 0.159 e. The van der Waals surface area contributed by atoms with Crippen LogP contribution >= 0.6 is 22.6 Å². The van der Waals surface area contributed by atoms with Gasteiger partial charge in [-0.3, -0.25) is 0 Å². The van der Waals surface area contributed by atoms with E-state index in [2.05, 4.69) is 58.6 Å². The van der Waals surface area contributed by atoms with Crippen LogP contribution in [0.1, 0.15) is 46.0 Å². The second-order valence-corrected chi connectivity index (χ2v) is 5.63. The summed E-state index contributed by atoms with van der Waals surface area (Å²) in [5, 5.41) is 3.32. The van der Waals surface area contributed by atoms with Crippen LogP contribution in [0.15, 0.2) is 6.20 Å². The summed E-state index contributed by atoms with van der Waals surface area (Å²) in [6.45, 7) is 9.99. The van der Waals surface area contributed by atoms with Crippen molar-refractivity contribution in [3.8, 4) is 0 Å². The van der Waals surface area contributed by atoms with Crippen LogP contribution in [0.25, 0.3) is 0 Å². The summed E-state index contributed by atoms with van der Waals surface area (Å²) in [7, 11) is 0. The highest BCUT2D eigenvalue weighted by Gasteiger charge is 2.20. The first-order valence-corrected chi connectivity index (χ1v) is 7.55. The van der Waals surface area contributed by atoms with E-state index in [4.69, 9.17) is 4.74 Å². The summed E-state index contributed by atoms with van der Waals surface area (Å²) in [6.07, 6.45) is 2.90. The molecular weight excluding hydrogens is 341 g/mol. The molecule has 1 unspecified atom stereocenters. The molecule has 1 rings (SSSR count). The zero-order valence-electron chi connectivity index (χ0n) is 11.5. The van der Waals surface area contributed by atoms with E-state index < -0.39 is 0 Å². The maximum absolute atomic E-state index is 5.73. The van der Waals surface area contributed by atoms with Crippen LogP contribution in [-0.2, 0) is 4.74 Å². The molecule has 1 heterocycles. The number of halogens is 1. The lowest BCUT2D eigenvalue weighted by atomic mass is 10.1. The highest BCUT2D eigenvalue weighted by Crippen LogP contribution is 2.25. The van der Waals surface area contributed by atoms with Crippen molar-refractivity contribution in [3.05, 3.63) is 15.6 Å². The first-order chi connectivity index (χ1) is 8.60. The Balaban J connectivity index is 2.93. The first-order valence-electron chi connectivity index (χ1n) is 6.48. The average molecular weight is 363 g/mol. The third kappa shape index (κ3) is 4.35. The zero-order chi connectivity index (χ0) is 13.5. The zero-order valence-corrected chi connectivity index (χ0v) is 13.7. The van der Waals surface area contributed by atoms with Gasteiger partial charge in [0.1, 0.15) is 11.9 Å². The number of nitrogens with one attached hydrogen (secondary N) is 1. The number of ether oxygens (including phenoxy) is 1. The Morgan fingerprint density at radius 1 is 1.39 bits per heavy atom. The molecule has 0 aliphatic heterocycles. The molecule has 0 bridgehead atoms. The van der Waals surface area contributed by atoms with E-state index in [1.807, 2.05) is 13.1 Å². The van der Waals surface area contributed by atoms with Gasteiger partial charge in [0.25, 0.3) is 0 Å². The fourth-order valence-electron chi connectivity index (χ4n) is 1.63. The lowest BCUT2D eigenvalue weighted by molar-refractivity contribution is 0.0232. The molecule has 1 N–H and O–H groups in total. The van der Waals surface area contributed by atoms with Gasteiger partial charge in [0.2, 0.25) is 0 Å². The first kappa shape index (κ1) is 15.6. The average Bonchev–Trinajstić information content (AvgIpc) is 2.35. The minimum Gasteiger partial charge on any atom is -0.370 e. The summed E-state index contributed by atoms with van der Waals surface area (Å²) in [6, 6.07) is 0. The molecule has 18 heavy (non-hydrogen) atoms. The SMILES string of the molecule is CCCNc1nc(C(OCC)C(C)C)ncc1I. The standard InChI is InChI=1S/C13H22IN3O/c1-5-7-15-12-10(14)8-16-13(17-12)11(9(3)4)18-6-2/h8-9,11H,5-7H2,1-4H3,(H,15,16,17). The van der Waals surface area contributed by atoms with E-state index in [0.29, 0.717) is 12.5 Å². The van der Waals surface area contributed by atoms with E-state index in [-0.39, 0.29) is 6.10 Å². The number of hydrogen-bond donors (Lipinski definition) is 1. The number of rotatable bonds is 7. The van der Waals surface area contributed by atoms with E-state index in [0.717, 1.165) is 28.2 Å². The Morgan fingerprint density at radius 2 is 2.11 bits per heavy atom. The van der Waals surface area contributed by atoms with Gasteiger partial charge in [0.15, 0.2) is 5.82 Å². The van der Waals surface area contributed by atoms with Crippen molar-refractivity contribution in [2.24, 2.45) is 5.92 Å². The van der Waals surface area contributed by atoms with E-state index >= 15 is 0 Å². The van der Waals surface area contributed by atoms with Crippen LogP contribution in [0.5, 0.6) is 0 Å². The van der Waals surface area contributed by atoms with E-state index in [1.54, 1.807) is 0 Å². The van der Waals surface area contributed by atoms with Crippen molar-refractivity contribution >= 4 is 28.4 Å². The monoisotopic (exact) mass is 363 g/mol. The minimum atomic E-state index is -0.0332. The third-order valence-corrected chi connectivity index (χ3v) is 3.30. The van der Waals surface area contributed by atoms with Crippen molar-refractivity contribution in [1.29, 1.82) is 0 Å². The molecule has 0 aliphatic rings. The van der Waals surface area contributed by atoms with Crippen molar-refractivity contribution in [3.63, 3.8) is 0 Å². The molecule has 0 aliphatic carbocycles. The molecule has 0 aromatic carbocycles. The van der Waals surface area contributed by atoms with Gasteiger partial charge < -0.3 is 10.1 Å².